The van der Waals surface area contributed by atoms with Crippen LogP contribution in [0.2, 0.25) is 0 Å². The minimum Gasteiger partial charge on any atom is -0.399 e. The van der Waals surface area contributed by atoms with E-state index in [1.54, 1.807) is 0 Å². The fourth-order valence-corrected chi connectivity index (χ4v) is 3.54. The molecule has 0 saturated heterocycles. The molecule has 3 aromatic carbocycles. The smallest absolute Gasteiger partial charge is 0.228 e. The summed E-state index contributed by atoms with van der Waals surface area (Å²) in [7, 11) is 0. The summed E-state index contributed by atoms with van der Waals surface area (Å²) in [5, 5.41) is 0. The molecular formula is C22H20N2O. The molecule has 4 rings (SSSR count). The molecule has 1 aliphatic rings. The van der Waals surface area contributed by atoms with Crippen LogP contribution in [0.5, 0.6) is 0 Å². The minimum atomic E-state index is 0.0867. The Morgan fingerprint density at radius 1 is 0.840 bits per heavy atom. The number of nitrogen functional groups attached to an aromatic ring is 1. The summed E-state index contributed by atoms with van der Waals surface area (Å²) < 4.78 is 0. The van der Waals surface area contributed by atoms with E-state index in [2.05, 4.69) is 30.3 Å². The van der Waals surface area contributed by atoms with Crippen molar-refractivity contribution in [1.29, 1.82) is 0 Å². The van der Waals surface area contributed by atoms with Gasteiger partial charge in [0.1, 0.15) is 0 Å². The van der Waals surface area contributed by atoms with Crippen LogP contribution in [0.25, 0.3) is 0 Å². The number of benzene rings is 3. The van der Waals surface area contributed by atoms with Crippen molar-refractivity contribution in [1.82, 2.24) is 0 Å². The third-order valence-corrected chi connectivity index (χ3v) is 4.85. The SMILES string of the molecule is Nc1ccc(N2Cc3ccccc3C(c3ccccc3)CC2=O)cc1. The zero-order chi connectivity index (χ0) is 17.2. The summed E-state index contributed by atoms with van der Waals surface area (Å²) in [5.74, 6) is 0.221. The van der Waals surface area contributed by atoms with E-state index in [0.29, 0.717) is 18.7 Å². The van der Waals surface area contributed by atoms with E-state index in [1.807, 2.05) is 53.4 Å². The second kappa shape index (κ2) is 6.44. The third-order valence-electron chi connectivity index (χ3n) is 4.85. The molecule has 0 aromatic heterocycles. The molecule has 1 aliphatic heterocycles. The van der Waals surface area contributed by atoms with Crippen LogP contribution in [0.15, 0.2) is 78.9 Å². The molecule has 2 N–H and O–H groups in total. The molecule has 0 bridgehead atoms. The lowest BCUT2D eigenvalue weighted by Crippen LogP contribution is -2.29. The zero-order valence-corrected chi connectivity index (χ0v) is 13.9. The second-order valence-corrected chi connectivity index (χ2v) is 6.44. The molecule has 124 valence electrons. The van der Waals surface area contributed by atoms with E-state index in [1.165, 1.54) is 16.7 Å². The van der Waals surface area contributed by atoms with Crippen molar-refractivity contribution in [2.45, 2.75) is 18.9 Å². The van der Waals surface area contributed by atoms with Gasteiger partial charge in [-0.15, -0.1) is 0 Å². The first-order chi connectivity index (χ1) is 12.2. The van der Waals surface area contributed by atoms with Gasteiger partial charge < -0.3 is 10.6 Å². The molecule has 1 unspecified atom stereocenters. The molecule has 1 atom stereocenters. The zero-order valence-electron chi connectivity index (χ0n) is 13.9. The van der Waals surface area contributed by atoms with Gasteiger partial charge in [0.2, 0.25) is 5.91 Å². The van der Waals surface area contributed by atoms with Crippen LogP contribution < -0.4 is 10.6 Å². The first kappa shape index (κ1) is 15.5. The van der Waals surface area contributed by atoms with E-state index >= 15 is 0 Å². The van der Waals surface area contributed by atoms with Crippen molar-refractivity contribution in [2.75, 3.05) is 10.6 Å². The first-order valence-corrected chi connectivity index (χ1v) is 8.51. The molecule has 1 heterocycles. The highest BCUT2D eigenvalue weighted by Crippen LogP contribution is 2.36. The van der Waals surface area contributed by atoms with Gasteiger partial charge in [-0.3, -0.25) is 4.79 Å². The van der Waals surface area contributed by atoms with Gasteiger partial charge in [-0.05, 0) is 41.0 Å². The number of fused-ring (bicyclic) bond motifs is 1. The van der Waals surface area contributed by atoms with E-state index in [0.717, 1.165) is 5.69 Å². The molecule has 0 aliphatic carbocycles. The number of hydrogen-bond donors (Lipinski definition) is 1. The molecule has 25 heavy (non-hydrogen) atoms. The highest BCUT2D eigenvalue weighted by molar-refractivity contribution is 5.95. The summed E-state index contributed by atoms with van der Waals surface area (Å²) in [6, 6.07) is 26.2. The predicted octanol–water partition coefficient (Wildman–Crippen LogP) is 4.34. The molecule has 0 radical (unpaired) electrons. The van der Waals surface area contributed by atoms with Crippen LogP contribution in [0.1, 0.15) is 29.0 Å². The van der Waals surface area contributed by atoms with Crippen LogP contribution in [0, 0.1) is 0 Å². The highest BCUT2D eigenvalue weighted by Gasteiger charge is 2.29. The molecule has 3 nitrogen and oxygen atoms in total. The molecule has 0 fully saturated rings. The molecular weight excluding hydrogens is 308 g/mol. The Labute approximate surface area is 147 Å². The van der Waals surface area contributed by atoms with E-state index < -0.39 is 0 Å². The largest absolute Gasteiger partial charge is 0.399 e. The van der Waals surface area contributed by atoms with Crippen LogP contribution in [0.3, 0.4) is 0 Å². The number of carbonyl (C=O) groups excluding carboxylic acids is 1. The highest BCUT2D eigenvalue weighted by atomic mass is 16.2. The second-order valence-electron chi connectivity index (χ2n) is 6.44. The van der Waals surface area contributed by atoms with Crippen molar-refractivity contribution in [3.8, 4) is 0 Å². The third kappa shape index (κ3) is 3.01. The molecule has 1 amide bonds. The predicted molar refractivity (Wildman–Crippen MR) is 101 cm³/mol. The van der Waals surface area contributed by atoms with E-state index in [4.69, 9.17) is 5.73 Å². The van der Waals surface area contributed by atoms with Crippen molar-refractivity contribution in [2.24, 2.45) is 0 Å². The van der Waals surface area contributed by atoms with Gasteiger partial charge >= 0.3 is 0 Å². The van der Waals surface area contributed by atoms with Gasteiger partial charge in [0.25, 0.3) is 0 Å². The Balaban J connectivity index is 1.78. The summed E-state index contributed by atoms with van der Waals surface area (Å²) in [6.07, 6.45) is 0.464. The summed E-state index contributed by atoms with van der Waals surface area (Å²) >= 11 is 0. The first-order valence-electron chi connectivity index (χ1n) is 8.51. The molecule has 0 saturated carbocycles. The van der Waals surface area contributed by atoms with Gasteiger partial charge in [-0.1, -0.05) is 54.6 Å². The molecule has 3 aromatic rings. The Kier molecular flexibility index (Phi) is 3.98. The maximum atomic E-state index is 13.0. The summed E-state index contributed by atoms with van der Waals surface area (Å²) in [4.78, 5) is 14.9. The van der Waals surface area contributed by atoms with E-state index in [9.17, 15) is 4.79 Å². The summed E-state index contributed by atoms with van der Waals surface area (Å²) in [6.45, 7) is 0.586. The van der Waals surface area contributed by atoms with Gasteiger partial charge in [0.05, 0.1) is 6.54 Å². The number of anilines is 2. The average Bonchev–Trinajstić information content (AvgIpc) is 2.80. The lowest BCUT2D eigenvalue weighted by atomic mass is 9.86. The maximum Gasteiger partial charge on any atom is 0.228 e. The average molecular weight is 328 g/mol. The quantitative estimate of drug-likeness (QED) is 0.711. The van der Waals surface area contributed by atoms with Crippen molar-refractivity contribution in [3.63, 3.8) is 0 Å². The van der Waals surface area contributed by atoms with Gasteiger partial charge in [-0.25, -0.2) is 0 Å². The Hall–Kier alpha value is -3.07. The Morgan fingerprint density at radius 2 is 1.52 bits per heavy atom. The van der Waals surface area contributed by atoms with Crippen LogP contribution in [0.4, 0.5) is 11.4 Å². The van der Waals surface area contributed by atoms with Gasteiger partial charge in [0, 0.05) is 23.7 Å². The Bertz CT molecular complexity index is 887. The standard InChI is InChI=1S/C22H20N2O/c23-18-10-12-19(13-11-18)24-15-17-8-4-5-9-20(17)21(14-22(24)25)16-6-2-1-3-7-16/h1-13,21H,14-15,23H2. The van der Waals surface area contributed by atoms with Crippen LogP contribution >= 0.6 is 0 Å². The fraction of sp³-hybridized carbons (Fsp3) is 0.136. The number of nitrogens with zero attached hydrogens (tertiary/aromatic N) is 1. The number of carbonyl (C=O) groups is 1. The lowest BCUT2D eigenvalue weighted by Gasteiger charge is -2.21. The van der Waals surface area contributed by atoms with Crippen molar-refractivity contribution in [3.05, 3.63) is 95.6 Å². The fourth-order valence-electron chi connectivity index (χ4n) is 3.54. The topological polar surface area (TPSA) is 46.3 Å². The lowest BCUT2D eigenvalue weighted by molar-refractivity contribution is -0.118. The molecule has 0 spiro atoms. The van der Waals surface area contributed by atoms with Gasteiger partial charge in [-0.2, -0.15) is 0 Å². The van der Waals surface area contributed by atoms with E-state index in [-0.39, 0.29) is 11.8 Å². The normalized spacial score (nSPS) is 17.0. The maximum absolute atomic E-state index is 13.0. The molecule has 3 heteroatoms. The number of amides is 1. The minimum absolute atomic E-state index is 0.0867. The van der Waals surface area contributed by atoms with Crippen LogP contribution in [-0.2, 0) is 11.3 Å². The van der Waals surface area contributed by atoms with Crippen molar-refractivity contribution < 1.29 is 4.79 Å². The Morgan fingerprint density at radius 3 is 2.28 bits per heavy atom. The van der Waals surface area contributed by atoms with Crippen LogP contribution in [-0.4, -0.2) is 5.91 Å². The summed E-state index contributed by atoms with van der Waals surface area (Å²) in [5.41, 5.74) is 11.0. The number of rotatable bonds is 2. The number of hydrogen-bond acceptors (Lipinski definition) is 2. The van der Waals surface area contributed by atoms with Crippen molar-refractivity contribution >= 4 is 17.3 Å². The number of nitrogens with two attached hydrogens (primary N) is 1. The van der Waals surface area contributed by atoms with Gasteiger partial charge in [0.15, 0.2) is 0 Å². The monoisotopic (exact) mass is 328 g/mol.